The Morgan fingerprint density at radius 1 is 1.30 bits per heavy atom. The Bertz CT molecular complexity index is 540. The van der Waals surface area contributed by atoms with Gasteiger partial charge in [0.25, 0.3) is 0 Å². The van der Waals surface area contributed by atoms with Gasteiger partial charge < -0.3 is 15.4 Å². The number of hydrogen-bond acceptors (Lipinski definition) is 4. The Morgan fingerprint density at radius 2 is 2.13 bits per heavy atom. The number of nitrogens with one attached hydrogen (secondary N) is 2. The van der Waals surface area contributed by atoms with Crippen molar-refractivity contribution in [1.82, 2.24) is 10.6 Å². The molecule has 0 aliphatic heterocycles. The zero-order valence-electron chi connectivity index (χ0n) is 13.5. The van der Waals surface area contributed by atoms with Crippen molar-refractivity contribution >= 4 is 23.2 Å². The van der Waals surface area contributed by atoms with E-state index in [4.69, 9.17) is 4.74 Å². The lowest BCUT2D eigenvalue weighted by Crippen LogP contribution is -2.41. The largest absolute Gasteiger partial charge is 0.375 e. The minimum absolute atomic E-state index is 0.231. The van der Waals surface area contributed by atoms with Gasteiger partial charge in [0.05, 0.1) is 0 Å². The Morgan fingerprint density at radius 3 is 2.78 bits per heavy atom. The molecule has 1 unspecified atom stereocenters. The van der Waals surface area contributed by atoms with Gasteiger partial charge in [-0.1, -0.05) is 11.6 Å². The molecule has 5 nitrogen and oxygen atoms in total. The van der Waals surface area contributed by atoms with Crippen molar-refractivity contribution < 1.29 is 14.3 Å². The summed E-state index contributed by atoms with van der Waals surface area (Å²) in [5.41, 5.74) is 2.39. The summed E-state index contributed by atoms with van der Waals surface area (Å²) in [6.07, 6.45) is 7.56. The van der Waals surface area contributed by atoms with E-state index in [-0.39, 0.29) is 12.6 Å². The van der Waals surface area contributed by atoms with Gasteiger partial charge in [-0.25, -0.2) is 0 Å². The summed E-state index contributed by atoms with van der Waals surface area (Å²) in [7, 11) is 1.59. The second-order valence-electron chi connectivity index (χ2n) is 5.61. The molecule has 1 heterocycles. The Labute approximate surface area is 141 Å². The molecular formula is C17H24N2O3S. The van der Waals surface area contributed by atoms with Crippen LogP contribution in [0.5, 0.6) is 0 Å². The second-order valence-corrected chi connectivity index (χ2v) is 6.39. The van der Waals surface area contributed by atoms with Crippen LogP contribution in [0.1, 0.15) is 43.8 Å². The van der Waals surface area contributed by atoms with Crippen molar-refractivity contribution in [2.45, 2.75) is 38.2 Å². The van der Waals surface area contributed by atoms with E-state index in [0.29, 0.717) is 6.54 Å². The van der Waals surface area contributed by atoms with Crippen molar-refractivity contribution in [2.75, 3.05) is 20.2 Å². The molecule has 0 aromatic carbocycles. The minimum atomic E-state index is -0.611. The van der Waals surface area contributed by atoms with E-state index in [1.807, 2.05) is 16.8 Å². The maximum atomic E-state index is 11.8. The SMILES string of the molecule is COC(CNC(=O)C(=O)NCCC1=CCCCC1)c1ccsc1. The van der Waals surface area contributed by atoms with E-state index in [1.165, 1.54) is 18.4 Å². The van der Waals surface area contributed by atoms with E-state index in [2.05, 4.69) is 16.7 Å². The van der Waals surface area contributed by atoms with Crippen LogP contribution in [-0.2, 0) is 14.3 Å². The van der Waals surface area contributed by atoms with Gasteiger partial charge in [-0.15, -0.1) is 0 Å². The van der Waals surface area contributed by atoms with Crippen LogP contribution in [0, 0.1) is 0 Å². The number of allylic oxidation sites excluding steroid dienone is 1. The molecule has 1 aromatic rings. The van der Waals surface area contributed by atoms with Gasteiger partial charge in [0, 0.05) is 20.2 Å². The van der Waals surface area contributed by atoms with Gasteiger partial charge in [0.2, 0.25) is 0 Å². The zero-order chi connectivity index (χ0) is 16.5. The Balaban J connectivity index is 1.68. The molecular weight excluding hydrogens is 312 g/mol. The van der Waals surface area contributed by atoms with Crippen LogP contribution < -0.4 is 10.6 Å². The number of hydrogen-bond donors (Lipinski definition) is 2. The molecule has 0 saturated carbocycles. The van der Waals surface area contributed by atoms with Crippen LogP contribution in [0.25, 0.3) is 0 Å². The van der Waals surface area contributed by atoms with Crippen LogP contribution in [0.4, 0.5) is 0 Å². The molecule has 0 bridgehead atoms. The third kappa shape index (κ3) is 5.80. The molecule has 2 N–H and O–H groups in total. The first-order valence-corrected chi connectivity index (χ1v) is 8.94. The summed E-state index contributed by atoms with van der Waals surface area (Å²) in [4.78, 5) is 23.6. The molecule has 6 heteroatoms. The van der Waals surface area contributed by atoms with E-state index in [9.17, 15) is 9.59 Å². The predicted molar refractivity (Wildman–Crippen MR) is 91.3 cm³/mol. The van der Waals surface area contributed by atoms with E-state index >= 15 is 0 Å². The molecule has 1 aromatic heterocycles. The van der Waals surface area contributed by atoms with Gasteiger partial charge in [-0.2, -0.15) is 11.3 Å². The lowest BCUT2D eigenvalue weighted by Gasteiger charge is -2.15. The number of rotatable bonds is 7. The van der Waals surface area contributed by atoms with Crippen LogP contribution in [-0.4, -0.2) is 32.0 Å². The fraction of sp³-hybridized carbons (Fsp3) is 0.529. The van der Waals surface area contributed by atoms with Crippen molar-refractivity contribution in [3.8, 4) is 0 Å². The van der Waals surface area contributed by atoms with Crippen LogP contribution in [0.15, 0.2) is 28.5 Å². The molecule has 1 aliphatic carbocycles. The lowest BCUT2D eigenvalue weighted by atomic mass is 9.97. The predicted octanol–water partition coefficient (Wildman–Crippen LogP) is 2.56. The topological polar surface area (TPSA) is 67.4 Å². The monoisotopic (exact) mass is 336 g/mol. The molecule has 1 aliphatic rings. The highest BCUT2D eigenvalue weighted by Gasteiger charge is 2.17. The Kier molecular flexibility index (Phi) is 7.29. The van der Waals surface area contributed by atoms with Crippen molar-refractivity contribution in [3.63, 3.8) is 0 Å². The summed E-state index contributed by atoms with van der Waals surface area (Å²) in [5.74, 6) is -1.19. The molecule has 1 atom stereocenters. The van der Waals surface area contributed by atoms with E-state index in [0.717, 1.165) is 24.8 Å². The third-order valence-corrected chi connectivity index (χ3v) is 4.67. The normalized spacial score (nSPS) is 15.6. The van der Waals surface area contributed by atoms with Gasteiger partial charge >= 0.3 is 11.8 Å². The molecule has 0 radical (unpaired) electrons. The highest BCUT2D eigenvalue weighted by molar-refractivity contribution is 7.07. The van der Waals surface area contributed by atoms with Gasteiger partial charge in [0.1, 0.15) is 6.10 Å². The van der Waals surface area contributed by atoms with Gasteiger partial charge in [-0.3, -0.25) is 9.59 Å². The average Bonchev–Trinajstić information content (AvgIpc) is 3.10. The quantitative estimate of drug-likeness (QED) is 0.594. The summed E-state index contributed by atoms with van der Waals surface area (Å²) in [6.45, 7) is 0.793. The van der Waals surface area contributed by atoms with Crippen molar-refractivity contribution in [2.24, 2.45) is 0 Å². The summed E-state index contributed by atoms with van der Waals surface area (Å²) in [6, 6.07) is 1.95. The maximum absolute atomic E-state index is 11.8. The number of ether oxygens (including phenoxy) is 1. The number of methoxy groups -OCH3 is 1. The molecule has 126 valence electrons. The fourth-order valence-corrected chi connectivity index (χ4v) is 3.31. The van der Waals surface area contributed by atoms with E-state index in [1.54, 1.807) is 18.4 Å². The number of thiophene rings is 1. The first-order chi connectivity index (χ1) is 11.2. The second kappa shape index (κ2) is 9.47. The van der Waals surface area contributed by atoms with Gasteiger partial charge in [-0.05, 0) is 54.5 Å². The molecule has 0 fully saturated rings. The highest BCUT2D eigenvalue weighted by Crippen LogP contribution is 2.19. The van der Waals surface area contributed by atoms with Crippen LogP contribution >= 0.6 is 11.3 Å². The molecule has 0 saturated heterocycles. The average molecular weight is 336 g/mol. The van der Waals surface area contributed by atoms with Crippen molar-refractivity contribution in [1.29, 1.82) is 0 Å². The smallest absolute Gasteiger partial charge is 0.309 e. The lowest BCUT2D eigenvalue weighted by molar-refractivity contribution is -0.139. The number of carbonyl (C=O) groups excluding carboxylic acids is 2. The Hall–Kier alpha value is -1.66. The molecule has 2 amide bonds. The molecule has 23 heavy (non-hydrogen) atoms. The number of carbonyl (C=O) groups is 2. The highest BCUT2D eigenvalue weighted by atomic mass is 32.1. The fourth-order valence-electron chi connectivity index (χ4n) is 2.61. The number of amides is 2. The third-order valence-electron chi connectivity index (χ3n) is 3.97. The van der Waals surface area contributed by atoms with Crippen LogP contribution in [0.2, 0.25) is 0 Å². The molecule has 2 rings (SSSR count). The van der Waals surface area contributed by atoms with E-state index < -0.39 is 11.8 Å². The molecule has 0 spiro atoms. The summed E-state index contributed by atoms with van der Waals surface area (Å²) >= 11 is 1.57. The first-order valence-electron chi connectivity index (χ1n) is 7.99. The van der Waals surface area contributed by atoms with Gasteiger partial charge in [0.15, 0.2) is 0 Å². The van der Waals surface area contributed by atoms with Crippen LogP contribution in [0.3, 0.4) is 0 Å². The summed E-state index contributed by atoms with van der Waals surface area (Å²) in [5, 5.41) is 9.22. The standard InChI is InChI=1S/C17H24N2O3S/c1-22-15(14-8-10-23-12-14)11-19-17(21)16(20)18-9-7-13-5-3-2-4-6-13/h5,8,10,12,15H,2-4,6-7,9,11H2,1H3,(H,18,20)(H,19,21). The zero-order valence-corrected chi connectivity index (χ0v) is 14.3. The van der Waals surface area contributed by atoms with Crippen molar-refractivity contribution in [3.05, 3.63) is 34.0 Å². The maximum Gasteiger partial charge on any atom is 0.309 e. The minimum Gasteiger partial charge on any atom is -0.375 e. The first kappa shape index (κ1) is 17.7. The summed E-state index contributed by atoms with van der Waals surface area (Å²) < 4.78 is 5.34.